The van der Waals surface area contributed by atoms with Crippen molar-refractivity contribution in [3.05, 3.63) is 23.7 Å². The molecule has 0 aliphatic carbocycles. The van der Waals surface area contributed by atoms with E-state index in [0.717, 1.165) is 57.3 Å². The SMILES string of the molecule is Cc1ccc(C(CNC(=O)N2CCC(C)C2)N2CCOCC2)o1. The summed E-state index contributed by atoms with van der Waals surface area (Å²) < 4.78 is 11.3. The summed E-state index contributed by atoms with van der Waals surface area (Å²) in [5.74, 6) is 2.42. The standard InChI is InChI=1S/C17H27N3O3/c1-13-5-6-20(12-13)17(21)18-11-15(16-4-3-14(2)23-16)19-7-9-22-10-8-19/h3-4,13,15H,5-12H2,1-2H3,(H,18,21). The van der Waals surface area contributed by atoms with Crippen molar-refractivity contribution >= 4 is 6.03 Å². The number of hydrogen-bond acceptors (Lipinski definition) is 4. The second kappa shape index (κ2) is 7.36. The quantitative estimate of drug-likeness (QED) is 0.922. The number of rotatable bonds is 4. The maximum atomic E-state index is 12.4. The predicted molar refractivity (Wildman–Crippen MR) is 87.3 cm³/mol. The van der Waals surface area contributed by atoms with E-state index < -0.39 is 0 Å². The van der Waals surface area contributed by atoms with Crippen LogP contribution >= 0.6 is 0 Å². The molecular formula is C17H27N3O3. The maximum Gasteiger partial charge on any atom is 0.317 e. The van der Waals surface area contributed by atoms with Gasteiger partial charge in [-0.15, -0.1) is 0 Å². The number of aryl methyl sites for hydroxylation is 1. The Bertz CT molecular complexity index is 525. The second-order valence-corrected chi connectivity index (χ2v) is 6.64. The van der Waals surface area contributed by atoms with Crippen molar-refractivity contribution in [1.82, 2.24) is 15.1 Å². The van der Waals surface area contributed by atoms with Gasteiger partial charge in [0.15, 0.2) is 0 Å². The zero-order valence-electron chi connectivity index (χ0n) is 14.1. The van der Waals surface area contributed by atoms with Crippen molar-refractivity contribution in [2.45, 2.75) is 26.3 Å². The van der Waals surface area contributed by atoms with Gasteiger partial charge in [0.05, 0.1) is 19.3 Å². The van der Waals surface area contributed by atoms with Gasteiger partial charge >= 0.3 is 6.03 Å². The number of urea groups is 1. The van der Waals surface area contributed by atoms with E-state index in [1.807, 2.05) is 24.0 Å². The van der Waals surface area contributed by atoms with Gasteiger partial charge in [-0.25, -0.2) is 4.79 Å². The first-order chi connectivity index (χ1) is 11.1. The monoisotopic (exact) mass is 321 g/mol. The van der Waals surface area contributed by atoms with E-state index in [9.17, 15) is 4.79 Å². The lowest BCUT2D eigenvalue weighted by Crippen LogP contribution is -2.46. The fraction of sp³-hybridized carbons (Fsp3) is 0.706. The summed E-state index contributed by atoms with van der Waals surface area (Å²) in [6.07, 6.45) is 1.09. The first-order valence-corrected chi connectivity index (χ1v) is 8.54. The number of nitrogens with zero attached hydrogens (tertiary/aromatic N) is 2. The van der Waals surface area contributed by atoms with Crippen LogP contribution in [0.1, 0.15) is 30.9 Å². The number of morpholine rings is 1. The van der Waals surface area contributed by atoms with Gasteiger partial charge in [-0.05, 0) is 31.4 Å². The first kappa shape index (κ1) is 16.3. The largest absolute Gasteiger partial charge is 0.465 e. The molecule has 0 saturated carbocycles. The number of hydrogen-bond donors (Lipinski definition) is 1. The summed E-state index contributed by atoms with van der Waals surface area (Å²) in [5.41, 5.74) is 0. The van der Waals surface area contributed by atoms with Gasteiger partial charge in [0, 0.05) is 32.7 Å². The van der Waals surface area contributed by atoms with E-state index in [-0.39, 0.29) is 12.1 Å². The highest BCUT2D eigenvalue weighted by atomic mass is 16.5. The molecule has 2 aliphatic rings. The van der Waals surface area contributed by atoms with E-state index in [4.69, 9.17) is 9.15 Å². The number of amides is 2. The third-order valence-corrected chi connectivity index (χ3v) is 4.73. The minimum Gasteiger partial charge on any atom is -0.465 e. The summed E-state index contributed by atoms with van der Waals surface area (Å²) in [6, 6.07) is 4.10. The fourth-order valence-corrected chi connectivity index (χ4v) is 3.35. The van der Waals surface area contributed by atoms with Gasteiger partial charge in [-0.3, -0.25) is 4.90 Å². The molecule has 2 amide bonds. The van der Waals surface area contributed by atoms with Gasteiger partial charge in [0.2, 0.25) is 0 Å². The van der Waals surface area contributed by atoms with E-state index in [1.165, 1.54) is 0 Å². The first-order valence-electron chi connectivity index (χ1n) is 8.54. The number of ether oxygens (including phenoxy) is 1. The molecule has 128 valence electrons. The van der Waals surface area contributed by atoms with Crippen LogP contribution in [0.5, 0.6) is 0 Å². The minimum atomic E-state index is 0.0379. The Balaban J connectivity index is 1.62. The summed E-state index contributed by atoms with van der Waals surface area (Å²) >= 11 is 0. The third kappa shape index (κ3) is 4.06. The van der Waals surface area contributed by atoms with Crippen LogP contribution in [0.4, 0.5) is 4.79 Å². The summed E-state index contributed by atoms with van der Waals surface area (Å²) in [5, 5.41) is 3.09. The number of nitrogens with one attached hydrogen (secondary N) is 1. The van der Waals surface area contributed by atoms with Gasteiger partial charge in [0.25, 0.3) is 0 Å². The van der Waals surface area contributed by atoms with Gasteiger partial charge in [-0.1, -0.05) is 6.92 Å². The van der Waals surface area contributed by atoms with Crippen molar-refractivity contribution in [3.8, 4) is 0 Å². The van der Waals surface area contributed by atoms with E-state index in [2.05, 4.69) is 17.1 Å². The Morgan fingerprint density at radius 3 is 2.74 bits per heavy atom. The van der Waals surface area contributed by atoms with Crippen molar-refractivity contribution in [2.24, 2.45) is 5.92 Å². The fourth-order valence-electron chi connectivity index (χ4n) is 3.35. The van der Waals surface area contributed by atoms with Crippen LogP contribution in [-0.2, 0) is 4.74 Å². The van der Waals surface area contributed by atoms with Crippen LogP contribution < -0.4 is 5.32 Å². The van der Waals surface area contributed by atoms with Crippen LogP contribution in [0.2, 0.25) is 0 Å². The van der Waals surface area contributed by atoms with Crippen molar-refractivity contribution in [1.29, 1.82) is 0 Å². The molecule has 2 fully saturated rings. The van der Waals surface area contributed by atoms with Crippen LogP contribution in [0.25, 0.3) is 0 Å². The van der Waals surface area contributed by atoms with Gasteiger partial charge in [0.1, 0.15) is 11.5 Å². The molecule has 0 aromatic carbocycles. The third-order valence-electron chi connectivity index (χ3n) is 4.73. The zero-order valence-corrected chi connectivity index (χ0v) is 14.1. The molecule has 1 aromatic heterocycles. The van der Waals surface area contributed by atoms with Gasteiger partial charge < -0.3 is 19.4 Å². The molecule has 23 heavy (non-hydrogen) atoms. The van der Waals surface area contributed by atoms with Crippen LogP contribution in [0.3, 0.4) is 0 Å². The molecule has 0 bridgehead atoms. The van der Waals surface area contributed by atoms with Crippen molar-refractivity contribution in [3.63, 3.8) is 0 Å². The lowest BCUT2D eigenvalue weighted by atomic mass is 10.1. The maximum absolute atomic E-state index is 12.4. The molecule has 6 nitrogen and oxygen atoms in total. The highest BCUT2D eigenvalue weighted by Crippen LogP contribution is 2.23. The number of carbonyl (C=O) groups is 1. The molecule has 2 aliphatic heterocycles. The molecule has 0 spiro atoms. The Kier molecular flexibility index (Phi) is 5.23. The molecule has 1 aromatic rings. The predicted octanol–water partition coefficient (Wildman–Crippen LogP) is 2.01. The number of furan rings is 1. The lowest BCUT2D eigenvalue weighted by molar-refractivity contribution is 0.0119. The molecule has 0 radical (unpaired) electrons. The summed E-state index contributed by atoms with van der Waals surface area (Å²) in [4.78, 5) is 16.6. The van der Waals surface area contributed by atoms with Crippen molar-refractivity contribution < 1.29 is 13.9 Å². The molecule has 3 rings (SSSR count). The normalized spacial score (nSPS) is 23.9. The molecule has 1 N–H and O–H groups in total. The Hall–Kier alpha value is -1.53. The highest BCUT2D eigenvalue weighted by molar-refractivity contribution is 5.74. The van der Waals surface area contributed by atoms with Crippen LogP contribution in [0.15, 0.2) is 16.5 Å². The zero-order chi connectivity index (χ0) is 16.2. The highest BCUT2D eigenvalue weighted by Gasteiger charge is 2.28. The molecule has 2 saturated heterocycles. The van der Waals surface area contributed by atoms with E-state index in [1.54, 1.807) is 0 Å². The second-order valence-electron chi connectivity index (χ2n) is 6.64. The Morgan fingerprint density at radius 1 is 1.35 bits per heavy atom. The molecule has 6 heteroatoms. The molecule has 2 unspecified atom stereocenters. The van der Waals surface area contributed by atoms with Gasteiger partial charge in [-0.2, -0.15) is 0 Å². The minimum absolute atomic E-state index is 0.0379. The topological polar surface area (TPSA) is 58.0 Å². The molecule has 3 heterocycles. The average molecular weight is 321 g/mol. The lowest BCUT2D eigenvalue weighted by Gasteiger charge is -2.33. The average Bonchev–Trinajstić information content (AvgIpc) is 3.17. The summed E-state index contributed by atoms with van der Waals surface area (Å²) in [6.45, 7) is 9.60. The number of likely N-dealkylation sites (tertiary alicyclic amines) is 1. The molecular weight excluding hydrogens is 294 g/mol. The van der Waals surface area contributed by atoms with Crippen LogP contribution in [0, 0.1) is 12.8 Å². The summed E-state index contributed by atoms with van der Waals surface area (Å²) in [7, 11) is 0. The smallest absolute Gasteiger partial charge is 0.317 e. The molecule has 2 atom stereocenters. The Morgan fingerprint density at radius 2 is 2.13 bits per heavy atom. The van der Waals surface area contributed by atoms with Crippen LogP contribution in [-0.4, -0.2) is 61.8 Å². The van der Waals surface area contributed by atoms with E-state index >= 15 is 0 Å². The van der Waals surface area contributed by atoms with E-state index in [0.29, 0.717) is 12.5 Å². The number of carbonyl (C=O) groups excluding carboxylic acids is 1. The Labute approximate surface area is 137 Å². The van der Waals surface area contributed by atoms with Crippen molar-refractivity contribution in [2.75, 3.05) is 45.9 Å².